The van der Waals surface area contributed by atoms with Crippen LogP contribution >= 0.6 is 0 Å². The van der Waals surface area contributed by atoms with Crippen LogP contribution in [0.1, 0.15) is 12.5 Å². The van der Waals surface area contributed by atoms with E-state index in [2.05, 4.69) is 4.98 Å². The largest absolute Gasteiger partial charge is 0.494 e. The molecule has 0 fully saturated rings. The summed E-state index contributed by atoms with van der Waals surface area (Å²) in [5, 5.41) is 0.983. The molecular formula is C13H13NO2. The van der Waals surface area contributed by atoms with Gasteiger partial charge in [0.15, 0.2) is 0 Å². The highest BCUT2D eigenvalue weighted by molar-refractivity contribution is 5.91. The molecule has 0 saturated heterocycles. The summed E-state index contributed by atoms with van der Waals surface area (Å²) in [7, 11) is 1.62. The highest BCUT2D eigenvalue weighted by Gasteiger charge is 2.08. The second-order valence-electron chi connectivity index (χ2n) is 3.71. The lowest BCUT2D eigenvalue weighted by atomic mass is 10.0. The molecule has 1 aromatic carbocycles. The topological polar surface area (TPSA) is 39.2 Å². The minimum Gasteiger partial charge on any atom is -0.494 e. The molecule has 16 heavy (non-hydrogen) atoms. The molecule has 2 aromatic rings. The van der Waals surface area contributed by atoms with Crippen molar-refractivity contribution in [3.63, 3.8) is 0 Å². The second kappa shape index (κ2) is 4.31. The van der Waals surface area contributed by atoms with Gasteiger partial charge in [0.25, 0.3) is 0 Å². The molecule has 2 rings (SSSR count). The van der Waals surface area contributed by atoms with Crippen molar-refractivity contribution in [2.45, 2.75) is 13.3 Å². The highest BCUT2D eigenvalue weighted by atomic mass is 16.5. The number of rotatable bonds is 3. The van der Waals surface area contributed by atoms with E-state index in [0.717, 1.165) is 22.2 Å². The molecule has 3 heteroatoms. The molecule has 1 aromatic heterocycles. The van der Waals surface area contributed by atoms with Crippen molar-refractivity contribution < 1.29 is 9.53 Å². The van der Waals surface area contributed by atoms with E-state index < -0.39 is 0 Å². The maximum absolute atomic E-state index is 11.2. The summed E-state index contributed by atoms with van der Waals surface area (Å²) in [6, 6.07) is 7.60. The number of nitrogens with zero attached hydrogens (tertiary/aromatic N) is 1. The number of Topliss-reactive ketones (excluding diaryl/α,β-unsaturated/α-hetero) is 1. The second-order valence-corrected chi connectivity index (χ2v) is 3.71. The zero-order chi connectivity index (χ0) is 11.5. The minimum atomic E-state index is 0.148. The van der Waals surface area contributed by atoms with Crippen LogP contribution in [-0.2, 0) is 11.2 Å². The molecule has 0 N–H and O–H groups in total. The van der Waals surface area contributed by atoms with Crippen LogP contribution in [0, 0.1) is 0 Å². The molecule has 0 amide bonds. The van der Waals surface area contributed by atoms with Crippen molar-refractivity contribution >= 4 is 16.7 Å². The predicted molar refractivity (Wildman–Crippen MR) is 62.7 cm³/mol. The van der Waals surface area contributed by atoms with E-state index in [-0.39, 0.29) is 5.78 Å². The van der Waals surface area contributed by atoms with Crippen molar-refractivity contribution in [1.82, 2.24) is 4.98 Å². The Kier molecular flexibility index (Phi) is 2.86. The molecule has 0 radical (unpaired) electrons. The van der Waals surface area contributed by atoms with Gasteiger partial charge in [0.2, 0.25) is 0 Å². The molecular weight excluding hydrogens is 202 g/mol. The number of carbonyl (C=O) groups excluding carboxylic acids is 1. The van der Waals surface area contributed by atoms with Crippen molar-refractivity contribution in [2.24, 2.45) is 0 Å². The van der Waals surface area contributed by atoms with Crippen LogP contribution in [0.25, 0.3) is 10.9 Å². The average molecular weight is 215 g/mol. The Labute approximate surface area is 94.1 Å². The van der Waals surface area contributed by atoms with Crippen LogP contribution in [0.3, 0.4) is 0 Å². The number of benzene rings is 1. The Morgan fingerprint density at radius 2 is 2.19 bits per heavy atom. The Morgan fingerprint density at radius 1 is 1.38 bits per heavy atom. The zero-order valence-corrected chi connectivity index (χ0v) is 9.36. The summed E-state index contributed by atoms with van der Waals surface area (Å²) in [6.07, 6.45) is 2.16. The first-order valence-electron chi connectivity index (χ1n) is 5.12. The van der Waals surface area contributed by atoms with E-state index >= 15 is 0 Å². The highest BCUT2D eigenvalue weighted by Crippen LogP contribution is 2.26. The number of ketones is 1. The minimum absolute atomic E-state index is 0.148. The van der Waals surface area contributed by atoms with Crippen molar-refractivity contribution in [2.75, 3.05) is 7.11 Å². The van der Waals surface area contributed by atoms with E-state index in [1.165, 1.54) is 0 Å². The smallest absolute Gasteiger partial charge is 0.145 e. The van der Waals surface area contributed by atoms with Crippen LogP contribution in [0.5, 0.6) is 5.75 Å². The average Bonchev–Trinajstić information content (AvgIpc) is 2.29. The third-order valence-corrected chi connectivity index (χ3v) is 2.48. The monoisotopic (exact) mass is 215 g/mol. The summed E-state index contributed by atoms with van der Waals surface area (Å²) in [5.74, 6) is 0.887. The third-order valence-electron chi connectivity index (χ3n) is 2.48. The van der Waals surface area contributed by atoms with Gasteiger partial charge in [-0.2, -0.15) is 0 Å². The number of fused-ring (bicyclic) bond motifs is 1. The molecule has 3 nitrogen and oxygen atoms in total. The van der Waals surface area contributed by atoms with Gasteiger partial charge in [-0.05, 0) is 24.6 Å². The number of hydrogen-bond donors (Lipinski definition) is 0. The van der Waals surface area contributed by atoms with Crippen molar-refractivity contribution in [3.05, 3.63) is 36.0 Å². The number of methoxy groups -OCH3 is 1. The Hall–Kier alpha value is -1.90. The fraction of sp³-hybridized carbons (Fsp3) is 0.231. The van der Waals surface area contributed by atoms with Gasteiger partial charge in [-0.3, -0.25) is 9.78 Å². The Balaban J connectivity index is 2.64. The summed E-state index contributed by atoms with van der Waals surface area (Å²) >= 11 is 0. The molecule has 0 aliphatic heterocycles. The first kappa shape index (κ1) is 10.6. The fourth-order valence-corrected chi connectivity index (χ4v) is 1.79. The lowest BCUT2D eigenvalue weighted by Gasteiger charge is -2.08. The first-order valence-corrected chi connectivity index (χ1v) is 5.12. The summed E-state index contributed by atoms with van der Waals surface area (Å²) in [5.41, 5.74) is 1.81. The van der Waals surface area contributed by atoms with E-state index in [9.17, 15) is 4.79 Å². The van der Waals surface area contributed by atoms with Crippen molar-refractivity contribution in [3.8, 4) is 5.75 Å². The van der Waals surface area contributed by atoms with Gasteiger partial charge in [0.05, 0.1) is 7.11 Å². The van der Waals surface area contributed by atoms with Crippen LogP contribution < -0.4 is 4.74 Å². The third kappa shape index (κ3) is 1.89. The Morgan fingerprint density at radius 3 is 2.88 bits per heavy atom. The van der Waals surface area contributed by atoms with Gasteiger partial charge in [-0.25, -0.2) is 0 Å². The quantitative estimate of drug-likeness (QED) is 0.789. The number of aromatic nitrogens is 1. The summed E-state index contributed by atoms with van der Waals surface area (Å²) in [6.45, 7) is 1.59. The number of carbonyl (C=O) groups is 1. The molecule has 0 spiro atoms. The SMILES string of the molecule is COc1ccc(CC(C)=O)c2cccnc12. The standard InChI is InChI=1S/C13H13NO2/c1-9(15)8-10-5-6-12(16-2)13-11(10)4-3-7-14-13/h3-7H,8H2,1-2H3. The van der Waals surface area contributed by atoms with Gasteiger partial charge in [0, 0.05) is 18.0 Å². The summed E-state index contributed by atoms with van der Waals surface area (Å²) < 4.78 is 5.24. The molecule has 1 heterocycles. The van der Waals surface area contributed by atoms with Crippen LogP contribution in [0.2, 0.25) is 0 Å². The maximum Gasteiger partial charge on any atom is 0.145 e. The number of hydrogen-bond acceptors (Lipinski definition) is 3. The van der Waals surface area contributed by atoms with Gasteiger partial charge >= 0.3 is 0 Å². The van der Waals surface area contributed by atoms with Gasteiger partial charge < -0.3 is 4.74 Å². The van der Waals surface area contributed by atoms with E-state index in [4.69, 9.17) is 4.74 Å². The first-order chi connectivity index (χ1) is 7.72. The molecule has 0 atom stereocenters. The van der Waals surface area contributed by atoms with Crippen molar-refractivity contribution in [1.29, 1.82) is 0 Å². The Bertz CT molecular complexity index is 534. The predicted octanol–water partition coefficient (Wildman–Crippen LogP) is 2.37. The van der Waals surface area contributed by atoms with Gasteiger partial charge in [0.1, 0.15) is 17.0 Å². The number of pyridine rings is 1. The molecule has 0 saturated carbocycles. The van der Waals surface area contributed by atoms with Crippen LogP contribution in [-0.4, -0.2) is 17.9 Å². The van der Waals surface area contributed by atoms with Gasteiger partial charge in [-0.15, -0.1) is 0 Å². The molecule has 0 bridgehead atoms. The van der Waals surface area contributed by atoms with Crippen LogP contribution in [0.15, 0.2) is 30.5 Å². The van der Waals surface area contributed by atoms with E-state index in [1.807, 2.05) is 24.3 Å². The molecule has 0 aliphatic carbocycles. The van der Waals surface area contributed by atoms with Crippen LogP contribution in [0.4, 0.5) is 0 Å². The lowest BCUT2D eigenvalue weighted by molar-refractivity contribution is -0.116. The molecule has 0 unspecified atom stereocenters. The lowest BCUT2D eigenvalue weighted by Crippen LogP contribution is -1.98. The van der Waals surface area contributed by atoms with E-state index in [0.29, 0.717) is 6.42 Å². The molecule has 0 aliphatic rings. The number of ether oxygens (including phenoxy) is 1. The maximum atomic E-state index is 11.2. The van der Waals surface area contributed by atoms with E-state index in [1.54, 1.807) is 20.2 Å². The van der Waals surface area contributed by atoms with Gasteiger partial charge in [-0.1, -0.05) is 12.1 Å². The normalized spacial score (nSPS) is 10.4. The summed E-state index contributed by atoms with van der Waals surface area (Å²) in [4.78, 5) is 15.4. The zero-order valence-electron chi connectivity index (χ0n) is 9.36. The molecule has 82 valence electrons. The fourth-order valence-electron chi connectivity index (χ4n) is 1.79.